The number of nitrogens with zero attached hydrogens (tertiary/aromatic N) is 3. The van der Waals surface area contributed by atoms with Crippen LogP contribution in [0.15, 0.2) is 24.3 Å². The van der Waals surface area contributed by atoms with E-state index in [0.717, 1.165) is 0 Å². The molecular weight excluding hydrogens is 282 g/mol. The fraction of sp³-hybridized carbons (Fsp3) is 0.200. The number of benzene rings is 1. The molecule has 1 aromatic heterocycles. The Kier molecular flexibility index (Phi) is 4.53. The Morgan fingerprint density at radius 2 is 2.09 bits per heavy atom. The Morgan fingerprint density at radius 1 is 1.32 bits per heavy atom. The van der Waals surface area contributed by atoms with Gasteiger partial charge in [0, 0.05) is 7.05 Å². The van der Waals surface area contributed by atoms with E-state index in [9.17, 15) is 4.79 Å². The number of anilines is 2. The van der Waals surface area contributed by atoms with E-state index in [4.69, 9.17) is 10.00 Å². The number of para-hydroxylation sites is 1. The number of amides is 1. The van der Waals surface area contributed by atoms with Crippen LogP contribution in [0.4, 0.5) is 11.4 Å². The molecule has 0 bridgehead atoms. The van der Waals surface area contributed by atoms with Crippen molar-refractivity contribution in [2.45, 2.75) is 6.92 Å². The van der Waals surface area contributed by atoms with Crippen LogP contribution in [-0.4, -0.2) is 30.3 Å². The summed E-state index contributed by atoms with van der Waals surface area (Å²) in [6.07, 6.45) is 0. The monoisotopic (exact) mass is 297 g/mol. The number of aromatic nitrogens is 2. The maximum atomic E-state index is 11.9. The van der Waals surface area contributed by atoms with Gasteiger partial charge in [-0.2, -0.15) is 10.4 Å². The molecular formula is C15H15N5O2. The van der Waals surface area contributed by atoms with Gasteiger partial charge in [0.25, 0.3) is 5.91 Å². The summed E-state index contributed by atoms with van der Waals surface area (Å²) in [5, 5.41) is 22.5. The molecule has 0 spiro atoms. The third-order valence-corrected chi connectivity index (χ3v) is 2.97. The third kappa shape index (κ3) is 2.96. The highest BCUT2D eigenvalue weighted by atomic mass is 16.5. The molecule has 1 aromatic carbocycles. The lowest BCUT2D eigenvalue weighted by atomic mass is 10.1. The molecule has 0 radical (unpaired) electrons. The zero-order valence-electron chi connectivity index (χ0n) is 12.5. The van der Waals surface area contributed by atoms with Gasteiger partial charge in [0.05, 0.1) is 29.7 Å². The summed E-state index contributed by atoms with van der Waals surface area (Å²) in [5.74, 6) is 0.0488. The van der Waals surface area contributed by atoms with Crippen LogP contribution in [0.3, 0.4) is 0 Å². The lowest BCUT2D eigenvalue weighted by Gasteiger charge is -2.14. The normalized spacial score (nSPS) is 9.73. The molecule has 1 heterocycles. The van der Waals surface area contributed by atoms with E-state index in [1.807, 2.05) is 0 Å². The van der Waals surface area contributed by atoms with Gasteiger partial charge >= 0.3 is 0 Å². The second kappa shape index (κ2) is 6.54. The lowest BCUT2D eigenvalue weighted by molar-refractivity contribution is 0.0958. The Hall–Kier alpha value is -3.14. The van der Waals surface area contributed by atoms with E-state index in [1.165, 1.54) is 14.2 Å². The number of rotatable bonds is 4. The van der Waals surface area contributed by atoms with Gasteiger partial charge in [0.2, 0.25) is 0 Å². The zero-order chi connectivity index (χ0) is 16.1. The van der Waals surface area contributed by atoms with Crippen molar-refractivity contribution >= 4 is 17.3 Å². The standard InChI is InChI=1S/C15H15N5O2/c1-9-7-12(13(20-19-9)15(21)17-2)18-11-6-4-5-10(8-16)14(11)22-3/h4-7H,1-3H3,(H,17,21)(H,18,19). The molecule has 0 saturated carbocycles. The topological polar surface area (TPSA) is 99.9 Å². The fourth-order valence-corrected chi connectivity index (χ4v) is 1.96. The molecule has 0 fully saturated rings. The molecule has 0 saturated heterocycles. The number of methoxy groups -OCH3 is 1. The second-order valence-corrected chi connectivity index (χ2v) is 4.45. The van der Waals surface area contributed by atoms with Gasteiger partial charge in [-0.15, -0.1) is 5.10 Å². The smallest absolute Gasteiger partial charge is 0.273 e. The second-order valence-electron chi connectivity index (χ2n) is 4.45. The predicted octanol–water partition coefficient (Wildman–Crippen LogP) is 1.77. The van der Waals surface area contributed by atoms with E-state index in [2.05, 4.69) is 26.9 Å². The highest BCUT2D eigenvalue weighted by Crippen LogP contribution is 2.31. The van der Waals surface area contributed by atoms with Crippen LogP contribution in [0, 0.1) is 18.3 Å². The number of nitriles is 1. The summed E-state index contributed by atoms with van der Waals surface area (Å²) < 4.78 is 5.27. The van der Waals surface area contributed by atoms with Crippen LogP contribution in [0.25, 0.3) is 0 Å². The fourth-order valence-electron chi connectivity index (χ4n) is 1.96. The molecule has 112 valence electrons. The van der Waals surface area contributed by atoms with Crippen molar-refractivity contribution in [1.82, 2.24) is 15.5 Å². The molecule has 0 aliphatic carbocycles. The molecule has 2 N–H and O–H groups in total. The highest BCUT2D eigenvalue weighted by Gasteiger charge is 2.16. The highest BCUT2D eigenvalue weighted by molar-refractivity contribution is 5.98. The zero-order valence-corrected chi connectivity index (χ0v) is 12.5. The van der Waals surface area contributed by atoms with E-state index >= 15 is 0 Å². The Balaban J connectivity index is 2.50. The number of hydrogen-bond donors (Lipinski definition) is 2. The minimum Gasteiger partial charge on any atom is -0.493 e. The number of carbonyl (C=O) groups is 1. The Bertz CT molecular complexity index is 752. The van der Waals surface area contributed by atoms with Gasteiger partial charge in [-0.05, 0) is 25.1 Å². The number of ether oxygens (including phenoxy) is 1. The number of aryl methyl sites for hydroxylation is 1. The molecule has 0 aliphatic rings. The Morgan fingerprint density at radius 3 is 2.73 bits per heavy atom. The summed E-state index contributed by atoms with van der Waals surface area (Å²) in [4.78, 5) is 11.9. The largest absolute Gasteiger partial charge is 0.493 e. The third-order valence-electron chi connectivity index (χ3n) is 2.97. The summed E-state index contributed by atoms with van der Waals surface area (Å²) in [5.41, 5.74) is 2.27. The molecule has 0 atom stereocenters. The summed E-state index contributed by atoms with van der Waals surface area (Å²) in [7, 11) is 3.00. The molecule has 2 rings (SSSR count). The van der Waals surface area contributed by atoms with Crippen molar-refractivity contribution in [3.05, 3.63) is 41.2 Å². The van der Waals surface area contributed by atoms with Crippen molar-refractivity contribution in [2.75, 3.05) is 19.5 Å². The van der Waals surface area contributed by atoms with Gasteiger partial charge < -0.3 is 15.4 Å². The maximum absolute atomic E-state index is 11.9. The number of nitrogens with one attached hydrogen (secondary N) is 2. The van der Waals surface area contributed by atoms with E-state index in [1.54, 1.807) is 31.2 Å². The minimum atomic E-state index is -0.356. The Labute approximate surface area is 127 Å². The quantitative estimate of drug-likeness (QED) is 0.892. The van der Waals surface area contributed by atoms with E-state index < -0.39 is 0 Å². The maximum Gasteiger partial charge on any atom is 0.273 e. The summed E-state index contributed by atoms with van der Waals surface area (Å²) in [6, 6.07) is 8.90. The van der Waals surface area contributed by atoms with Crippen LogP contribution in [0.1, 0.15) is 21.7 Å². The van der Waals surface area contributed by atoms with Gasteiger partial charge in [0.1, 0.15) is 6.07 Å². The van der Waals surface area contributed by atoms with Gasteiger partial charge in [-0.3, -0.25) is 4.79 Å². The average molecular weight is 297 g/mol. The van der Waals surface area contributed by atoms with E-state index in [0.29, 0.717) is 28.4 Å². The first kappa shape index (κ1) is 15.3. The average Bonchev–Trinajstić information content (AvgIpc) is 2.54. The summed E-state index contributed by atoms with van der Waals surface area (Å²) in [6.45, 7) is 1.77. The van der Waals surface area contributed by atoms with Crippen molar-refractivity contribution in [1.29, 1.82) is 5.26 Å². The molecule has 0 aliphatic heterocycles. The van der Waals surface area contributed by atoms with Crippen molar-refractivity contribution < 1.29 is 9.53 Å². The lowest BCUT2D eigenvalue weighted by Crippen LogP contribution is -2.21. The first-order valence-corrected chi connectivity index (χ1v) is 6.51. The van der Waals surface area contributed by atoms with Gasteiger partial charge in [-0.25, -0.2) is 0 Å². The van der Waals surface area contributed by atoms with Crippen molar-refractivity contribution in [2.24, 2.45) is 0 Å². The first-order valence-electron chi connectivity index (χ1n) is 6.51. The van der Waals surface area contributed by atoms with Crippen LogP contribution < -0.4 is 15.4 Å². The SMILES string of the molecule is CNC(=O)c1nnc(C)cc1Nc1cccc(C#N)c1OC. The molecule has 22 heavy (non-hydrogen) atoms. The van der Waals surface area contributed by atoms with Crippen LogP contribution >= 0.6 is 0 Å². The molecule has 7 heteroatoms. The minimum absolute atomic E-state index is 0.164. The summed E-state index contributed by atoms with van der Waals surface area (Å²) >= 11 is 0. The number of hydrogen-bond acceptors (Lipinski definition) is 6. The van der Waals surface area contributed by atoms with Gasteiger partial charge in [0.15, 0.2) is 11.4 Å². The predicted molar refractivity (Wildman–Crippen MR) is 81.2 cm³/mol. The van der Waals surface area contributed by atoms with Crippen LogP contribution in [0.5, 0.6) is 5.75 Å². The van der Waals surface area contributed by atoms with E-state index in [-0.39, 0.29) is 11.6 Å². The van der Waals surface area contributed by atoms with Crippen molar-refractivity contribution in [3.63, 3.8) is 0 Å². The van der Waals surface area contributed by atoms with Gasteiger partial charge in [-0.1, -0.05) is 6.07 Å². The van der Waals surface area contributed by atoms with Crippen LogP contribution in [-0.2, 0) is 0 Å². The molecule has 2 aromatic rings. The first-order chi connectivity index (χ1) is 10.6. The van der Waals surface area contributed by atoms with Crippen LogP contribution in [0.2, 0.25) is 0 Å². The van der Waals surface area contributed by atoms with Crippen molar-refractivity contribution in [3.8, 4) is 11.8 Å². The molecule has 1 amide bonds. The molecule has 7 nitrogen and oxygen atoms in total. The molecule has 0 unspecified atom stereocenters. The number of carbonyl (C=O) groups excluding carboxylic acids is 1.